The Morgan fingerprint density at radius 3 is 2.72 bits per heavy atom. The molecule has 1 aromatic heterocycles. The third-order valence-electron chi connectivity index (χ3n) is 5.11. The van der Waals surface area contributed by atoms with Gasteiger partial charge in [-0.3, -0.25) is 14.9 Å². The molecule has 1 heterocycles. The number of hydrogen-bond acceptors (Lipinski definition) is 6. The van der Waals surface area contributed by atoms with Gasteiger partial charge < -0.3 is 10.1 Å². The number of hydrogen-bond donors (Lipinski definition) is 2. The molecule has 0 saturated carbocycles. The van der Waals surface area contributed by atoms with Crippen molar-refractivity contribution in [1.82, 2.24) is 5.32 Å². The lowest BCUT2D eigenvalue weighted by Crippen LogP contribution is -2.32. The number of carbonyl (C=O) groups is 3. The monoisotopic (exact) mass is 478 g/mol. The van der Waals surface area contributed by atoms with Crippen LogP contribution in [0, 0.1) is 11.7 Å². The molecule has 0 saturated heterocycles. The maximum absolute atomic E-state index is 13.0. The quantitative estimate of drug-likeness (QED) is 0.392. The predicted molar refractivity (Wildman–Crippen MR) is 125 cm³/mol. The van der Waals surface area contributed by atoms with Crippen molar-refractivity contribution in [1.29, 1.82) is 0 Å². The first-order chi connectivity index (χ1) is 15.4. The summed E-state index contributed by atoms with van der Waals surface area (Å²) in [5.41, 5.74) is 1.29. The van der Waals surface area contributed by atoms with Crippen molar-refractivity contribution in [2.45, 2.75) is 50.8 Å². The van der Waals surface area contributed by atoms with Crippen molar-refractivity contribution in [2.75, 3.05) is 17.7 Å². The van der Waals surface area contributed by atoms with Gasteiger partial charge in [0.1, 0.15) is 10.8 Å². The highest BCUT2D eigenvalue weighted by atomic mass is 32.2. The summed E-state index contributed by atoms with van der Waals surface area (Å²) < 4.78 is 17.8. The van der Waals surface area contributed by atoms with Gasteiger partial charge in [0.2, 0.25) is 5.91 Å². The molecule has 2 aromatic rings. The number of thiophene rings is 1. The number of imide groups is 1. The van der Waals surface area contributed by atoms with Gasteiger partial charge in [-0.2, -0.15) is 0 Å². The number of benzene rings is 1. The minimum Gasteiger partial charge on any atom is -0.450 e. The van der Waals surface area contributed by atoms with E-state index in [0.717, 1.165) is 34.6 Å². The van der Waals surface area contributed by atoms with Crippen molar-refractivity contribution >= 4 is 46.0 Å². The van der Waals surface area contributed by atoms with Crippen LogP contribution in [-0.4, -0.2) is 30.3 Å². The number of ether oxygens (including phenoxy) is 1. The molecule has 0 aliphatic heterocycles. The number of nitrogens with one attached hydrogen (secondary N) is 2. The van der Waals surface area contributed by atoms with Crippen LogP contribution in [0.2, 0.25) is 0 Å². The summed E-state index contributed by atoms with van der Waals surface area (Å²) in [6.45, 7) is 3.99. The lowest BCUT2D eigenvalue weighted by molar-refractivity contribution is -0.116. The van der Waals surface area contributed by atoms with Crippen molar-refractivity contribution in [3.63, 3.8) is 0 Å². The first-order valence-corrected chi connectivity index (χ1v) is 12.5. The number of thioether (sulfide) groups is 1. The van der Waals surface area contributed by atoms with Crippen LogP contribution in [0.25, 0.3) is 0 Å². The molecule has 1 aliphatic rings. The van der Waals surface area contributed by atoms with E-state index in [2.05, 4.69) is 17.6 Å². The Labute approximate surface area is 195 Å². The number of alkyl carbamates (subject to hydrolysis) is 1. The van der Waals surface area contributed by atoms with Gasteiger partial charge >= 0.3 is 6.09 Å². The molecule has 32 heavy (non-hydrogen) atoms. The summed E-state index contributed by atoms with van der Waals surface area (Å²) in [4.78, 5) is 39.1. The van der Waals surface area contributed by atoms with Crippen LogP contribution in [0.15, 0.2) is 29.2 Å². The maximum Gasteiger partial charge on any atom is 0.414 e. The summed E-state index contributed by atoms with van der Waals surface area (Å²) >= 11 is 2.97. The molecule has 9 heteroatoms. The number of fused-ring (bicyclic) bond motifs is 1. The number of amides is 3. The number of anilines is 1. The fourth-order valence-electron chi connectivity index (χ4n) is 3.54. The van der Waals surface area contributed by atoms with Gasteiger partial charge in [-0.05, 0) is 74.1 Å². The highest BCUT2D eigenvalue weighted by Crippen LogP contribution is 2.39. The van der Waals surface area contributed by atoms with Crippen molar-refractivity contribution in [2.24, 2.45) is 5.92 Å². The number of carbonyl (C=O) groups excluding carboxylic acids is 3. The standard InChI is InChI=1S/C23H27FN2O4S2/c1-3-30-23(29)26-21(28)20-17-11-6-14(2)13-18(17)32-22(20)25-19(27)5-4-12-31-16-9-7-15(24)8-10-16/h7-10,14H,3-6,11-13H2,1-2H3,(H,25,27)(H,26,28,29). The van der Waals surface area contributed by atoms with Gasteiger partial charge in [-0.1, -0.05) is 6.92 Å². The highest BCUT2D eigenvalue weighted by molar-refractivity contribution is 7.99. The SMILES string of the molecule is CCOC(=O)NC(=O)c1c(NC(=O)CCCSc2ccc(F)cc2)sc2c1CCC(C)C2. The Balaban J connectivity index is 1.62. The minimum absolute atomic E-state index is 0.165. The van der Waals surface area contributed by atoms with Crippen molar-refractivity contribution in [3.05, 3.63) is 46.1 Å². The Bertz CT molecular complexity index is 975. The van der Waals surface area contributed by atoms with E-state index in [1.165, 1.54) is 23.5 Å². The molecule has 1 atom stereocenters. The second kappa shape index (κ2) is 11.5. The van der Waals surface area contributed by atoms with Gasteiger partial charge in [0.05, 0.1) is 12.2 Å². The first kappa shape index (κ1) is 24.3. The van der Waals surface area contributed by atoms with Gasteiger partial charge in [0.15, 0.2) is 0 Å². The highest BCUT2D eigenvalue weighted by Gasteiger charge is 2.29. The fraction of sp³-hybridized carbons (Fsp3) is 0.435. The van der Waals surface area contributed by atoms with Crippen LogP contribution in [0.5, 0.6) is 0 Å². The minimum atomic E-state index is -0.795. The Morgan fingerprint density at radius 2 is 2.00 bits per heavy atom. The van der Waals surface area contributed by atoms with Gasteiger partial charge in [0, 0.05) is 16.2 Å². The smallest absolute Gasteiger partial charge is 0.414 e. The Kier molecular flexibility index (Phi) is 8.69. The molecule has 1 aromatic carbocycles. The van der Waals surface area contributed by atoms with E-state index in [1.807, 2.05) is 0 Å². The normalized spacial score (nSPS) is 15.0. The molecule has 1 unspecified atom stereocenters. The van der Waals surface area contributed by atoms with E-state index in [4.69, 9.17) is 4.74 Å². The molecule has 0 spiro atoms. The van der Waals surface area contributed by atoms with Crippen LogP contribution in [-0.2, 0) is 22.4 Å². The molecule has 2 N–H and O–H groups in total. The van der Waals surface area contributed by atoms with Crippen molar-refractivity contribution < 1.29 is 23.5 Å². The summed E-state index contributed by atoms with van der Waals surface area (Å²) in [6, 6.07) is 6.26. The first-order valence-electron chi connectivity index (χ1n) is 10.7. The molecule has 6 nitrogen and oxygen atoms in total. The molecular formula is C23H27FN2O4S2. The largest absolute Gasteiger partial charge is 0.450 e. The summed E-state index contributed by atoms with van der Waals surface area (Å²) in [5, 5.41) is 5.63. The molecule has 172 valence electrons. The maximum atomic E-state index is 13.0. The lowest BCUT2D eigenvalue weighted by Gasteiger charge is -2.18. The summed E-state index contributed by atoms with van der Waals surface area (Å²) in [5.74, 6) is 0.228. The number of rotatable bonds is 8. The molecular weight excluding hydrogens is 451 g/mol. The van der Waals surface area contributed by atoms with E-state index in [9.17, 15) is 18.8 Å². The summed E-state index contributed by atoms with van der Waals surface area (Å²) in [7, 11) is 0. The zero-order valence-electron chi connectivity index (χ0n) is 18.2. The third-order valence-corrected chi connectivity index (χ3v) is 7.38. The lowest BCUT2D eigenvalue weighted by atomic mass is 9.88. The van der Waals surface area contributed by atoms with Gasteiger partial charge in [-0.25, -0.2) is 9.18 Å². The number of halogens is 1. The van der Waals surface area contributed by atoms with Gasteiger partial charge in [0.25, 0.3) is 5.91 Å². The molecule has 0 radical (unpaired) electrons. The van der Waals surface area contributed by atoms with E-state index < -0.39 is 12.0 Å². The van der Waals surface area contributed by atoms with Crippen molar-refractivity contribution in [3.8, 4) is 0 Å². The Hall–Kier alpha value is -2.39. The van der Waals surface area contributed by atoms with Crippen LogP contribution in [0.3, 0.4) is 0 Å². The van der Waals surface area contributed by atoms with Crippen LogP contribution in [0.1, 0.15) is 53.9 Å². The fourth-order valence-corrected chi connectivity index (χ4v) is 5.82. The topological polar surface area (TPSA) is 84.5 Å². The average molecular weight is 479 g/mol. The molecule has 0 fully saturated rings. The predicted octanol–water partition coefficient (Wildman–Crippen LogP) is 5.41. The Morgan fingerprint density at radius 1 is 1.25 bits per heavy atom. The van der Waals surface area contributed by atoms with Gasteiger partial charge in [-0.15, -0.1) is 23.1 Å². The second-order valence-electron chi connectivity index (χ2n) is 7.68. The summed E-state index contributed by atoms with van der Waals surface area (Å²) in [6.07, 6.45) is 2.69. The van der Waals surface area contributed by atoms with E-state index in [-0.39, 0.29) is 18.3 Å². The molecule has 3 rings (SSSR count). The van der Waals surface area contributed by atoms with Crippen LogP contribution < -0.4 is 10.6 Å². The second-order valence-corrected chi connectivity index (χ2v) is 9.96. The zero-order chi connectivity index (χ0) is 23.1. The molecule has 0 bridgehead atoms. The van der Waals surface area contributed by atoms with Crippen LogP contribution in [0.4, 0.5) is 14.2 Å². The molecule has 1 aliphatic carbocycles. The van der Waals surface area contributed by atoms with E-state index >= 15 is 0 Å². The van der Waals surface area contributed by atoms with Crippen LogP contribution >= 0.6 is 23.1 Å². The van der Waals surface area contributed by atoms with E-state index in [1.54, 1.807) is 30.8 Å². The third kappa shape index (κ3) is 6.56. The zero-order valence-corrected chi connectivity index (χ0v) is 19.8. The van der Waals surface area contributed by atoms with E-state index in [0.29, 0.717) is 35.1 Å². The average Bonchev–Trinajstić information content (AvgIpc) is 3.09. The molecule has 3 amide bonds.